The van der Waals surface area contributed by atoms with Crippen LogP contribution in [0.3, 0.4) is 0 Å². The Labute approximate surface area is 115 Å². The summed E-state index contributed by atoms with van der Waals surface area (Å²) in [5.41, 5.74) is 0.878. The maximum Gasteiger partial charge on any atom is 0.263 e. The molecule has 0 fully saturated rings. The molecule has 0 saturated heterocycles. The summed E-state index contributed by atoms with van der Waals surface area (Å²) in [5.74, 6) is -0.105. The zero-order chi connectivity index (χ0) is 13.5. The van der Waals surface area contributed by atoms with E-state index >= 15 is 0 Å². The monoisotopic (exact) mass is 280 g/mol. The Balaban J connectivity index is 1.91. The Bertz CT molecular complexity index is 508. The third kappa shape index (κ3) is 3.66. The molecule has 2 heterocycles. The van der Waals surface area contributed by atoms with Crippen LogP contribution in [0.15, 0.2) is 36.0 Å². The molecule has 2 rings (SSSR count). The highest BCUT2D eigenvalue weighted by atomic mass is 32.1. The van der Waals surface area contributed by atoms with Crippen LogP contribution in [-0.4, -0.2) is 41.9 Å². The number of hydrogen-bond donors (Lipinski definition) is 2. The van der Waals surface area contributed by atoms with Crippen molar-refractivity contribution in [3.8, 4) is 5.69 Å². The standard InChI is InChI=1S/C13H16N2O3S/c16-7-9-18-8-4-14-13(17)12-11(3-10-19-12)15-5-1-2-6-15/h1-3,5-6,10,16H,4,7-9H2,(H,14,17). The Morgan fingerprint density at radius 1 is 1.37 bits per heavy atom. The first-order valence-corrected chi connectivity index (χ1v) is 6.88. The van der Waals surface area contributed by atoms with E-state index in [1.165, 1.54) is 11.3 Å². The molecule has 0 aromatic carbocycles. The van der Waals surface area contributed by atoms with Crippen LogP contribution in [0.25, 0.3) is 5.69 Å². The van der Waals surface area contributed by atoms with Crippen LogP contribution in [0, 0.1) is 0 Å². The lowest BCUT2D eigenvalue weighted by Crippen LogP contribution is -2.27. The molecular formula is C13H16N2O3S. The van der Waals surface area contributed by atoms with Gasteiger partial charge < -0.3 is 19.7 Å². The number of ether oxygens (including phenoxy) is 1. The molecule has 2 aromatic rings. The van der Waals surface area contributed by atoms with Crippen LogP contribution >= 0.6 is 11.3 Å². The second-order valence-electron chi connectivity index (χ2n) is 3.82. The minimum Gasteiger partial charge on any atom is -0.394 e. The van der Waals surface area contributed by atoms with Gasteiger partial charge in [-0.3, -0.25) is 4.79 Å². The van der Waals surface area contributed by atoms with Gasteiger partial charge >= 0.3 is 0 Å². The van der Waals surface area contributed by atoms with E-state index in [1.54, 1.807) is 0 Å². The molecule has 0 radical (unpaired) electrons. The summed E-state index contributed by atoms with van der Waals surface area (Å²) in [7, 11) is 0. The van der Waals surface area contributed by atoms with Gasteiger partial charge in [-0.05, 0) is 23.6 Å². The van der Waals surface area contributed by atoms with Crippen molar-refractivity contribution in [3.63, 3.8) is 0 Å². The fourth-order valence-electron chi connectivity index (χ4n) is 1.65. The molecule has 102 valence electrons. The first kappa shape index (κ1) is 13.8. The summed E-state index contributed by atoms with van der Waals surface area (Å²) in [6.45, 7) is 1.12. The van der Waals surface area contributed by atoms with Crippen molar-refractivity contribution in [1.82, 2.24) is 9.88 Å². The smallest absolute Gasteiger partial charge is 0.263 e. The number of aromatic nitrogens is 1. The van der Waals surface area contributed by atoms with Crippen LogP contribution < -0.4 is 5.32 Å². The van der Waals surface area contributed by atoms with Crippen LogP contribution in [0.1, 0.15) is 9.67 Å². The van der Waals surface area contributed by atoms with E-state index in [0.29, 0.717) is 24.6 Å². The zero-order valence-corrected chi connectivity index (χ0v) is 11.2. The molecule has 0 aliphatic carbocycles. The van der Waals surface area contributed by atoms with Gasteiger partial charge in [0, 0.05) is 18.9 Å². The van der Waals surface area contributed by atoms with Gasteiger partial charge in [0.25, 0.3) is 5.91 Å². The molecule has 0 bridgehead atoms. The molecule has 0 aliphatic rings. The van der Waals surface area contributed by atoms with Gasteiger partial charge in [0.2, 0.25) is 0 Å². The predicted octanol–water partition coefficient (Wildman–Crippen LogP) is 1.28. The Kier molecular flexibility index (Phi) is 5.14. The topological polar surface area (TPSA) is 63.5 Å². The van der Waals surface area contributed by atoms with Crippen LogP contribution in [0.5, 0.6) is 0 Å². The average Bonchev–Trinajstić information content (AvgIpc) is 3.08. The summed E-state index contributed by atoms with van der Waals surface area (Å²) >= 11 is 1.41. The number of aliphatic hydroxyl groups is 1. The van der Waals surface area contributed by atoms with Crippen molar-refractivity contribution >= 4 is 17.2 Å². The van der Waals surface area contributed by atoms with Crippen molar-refractivity contribution in [2.75, 3.05) is 26.4 Å². The van der Waals surface area contributed by atoms with Crippen LogP contribution in [0.2, 0.25) is 0 Å². The highest BCUT2D eigenvalue weighted by Gasteiger charge is 2.13. The summed E-state index contributed by atoms with van der Waals surface area (Å²) in [5, 5.41) is 13.2. The van der Waals surface area contributed by atoms with Gasteiger partial charge in [-0.25, -0.2) is 0 Å². The van der Waals surface area contributed by atoms with E-state index in [-0.39, 0.29) is 12.5 Å². The zero-order valence-electron chi connectivity index (χ0n) is 10.4. The maximum atomic E-state index is 12.0. The number of nitrogens with zero attached hydrogens (tertiary/aromatic N) is 1. The molecule has 5 nitrogen and oxygen atoms in total. The lowest BCUT2D eigenvalue weighted by molar-refractivity contribution is 0.0840. The predicted molar refractivity (Wildman–Crippen MR) is 73.9 cm³/mol. The lowest BCUT2D eigenvalue weighted by atomic mass is 10.3. The molecule has 1 amide bonds. The van der Waals surface area contributed by atoms with E-state index in [4.69, 9.17) is 9.84 Å². The summed E-state index contributed by atoms with van der Waals surface area (Å²) in [6, 6.07) is 5.76. The minimum atomic E-state index is -0.105. The third-order valence-electron chi connectivity index (χ3n) is 2.50. The van der Waals surface area contributed by atoms with Crippen LogP contribution in [0.4, 0.5) is 0 Å². The highest BCUT2D eigenvalue weighted by molar-refractivity contribution is 7.12. The quantitative estimate of drug-likeness (QED) is 0.751. The van der Waals surface area contributed by atoms with Crippen molar-refractivity contribution in [2.45, 2.75) is 0 Å². The Morgan fingerprint density at radius 3 is 2.89 bits per heavy atom. The van der Waals surface area contributed by atoms with Gasteiger partial charge in [-0.1, -0.05) is 0 Å². The lowest BCUT2D eigenvalue weighted by Gasteiger charge is -2.07. The summed E-state index contributed by atoms with van der Waals surface area (Å²) in [4.78, 5) is 12.7. The highest BCUT2D eigenvalue weighted by Crippen LogP contribution is 2.20. The number of nitrogens with one attached hydrogen (secondary N) is 1. The second kappa shape index (κ2) is 7.08. The van der Waals surface area contributed by atoms with Crippen molar-refractivity contribution in [3.05, 3.63) is 40.8 Å². The number of thiophene rings is 1. The molecule has 19 heavy (non-hydrogen) atoms. The average molecular weight is 280 g/mol. The molecule has 6 heteroatoms. The van der Waals surface area contributed by atoms with Gasteiger partial charge in [-0.2, -0.15) is 0 Å². The molecule has 2 aromatic heterocycles. The van der Waals surface area contributed by atoms with Crippen molar-refractivity contribution in [2.24, 2.45) is 0 Å². The number of rotatable bonds is 7. The maximum absolute atomic E-state index is 12.0. The number of carbonyl (C=O) groups excluding carboxylic acids is 1. The van der Waals surface area contributed by atoms with Gasteiger partial charge in [0.15, 0.2) is 0 Å². The number of hydrogen-bond acceptors (Lipinski definition) is 4. The van der Waals surface area contributed by atoms with E-state index < -0.39 is 0 Å². The molecule has 0 saturated carbocycles. The Morgan fingerprint density at radius 2 is 2.16 bits per heavy atom. The minimum absolute atomic E-state index is 0.00332. The number of aliphatic hydroxyl groups excluding tert-OH is 1. The SMILES string of the molecule is O=C(NCCOCCO)c1sccc1-n1cccc1. The number of amides is 1. The normalized spacial score (nSPS) is 10.6. The number of carbonyl (C=O) groups is 1. The van der Waals surface area contributed by atoms with Crippen molar-refractivity contribution in [1.29, 1.82) is 0 Å². The summed E-state index contributed by atoms with van der Waals surface area (Å²) in [6.07, 6.45) is 3.81. The Hall–Kier alpha value is -1.63. The fraction of sp³-hybridized carbons (Fsp3) is 0.308. The molecule has 0 unspecified atom stereocenters. The van der Waals surface area contributed by atoms with Gasteiger partial charge in [-0.15, -0.1) is 11.3 Å². The molecule has 0 atom stereocenters. The summed E-state index contributed by atoms with van der Waals surface area (Å²) < 4.78 is 7.00. The van der Waals surface area contributed by atoms with Crippen LogP contribution in [-0.2, 0) is 4.74 Å². The second-order valence-corrected chi connectivity index (χ2v) is 4.73. The van der Waals surface area contributed by atoms with Crippen molar-refractivity contribution < 1.29 is 14.6 Å². The first-order valence-electron chi connectivity index (χ1n) is 6.00. The third-order valence-corrected chi connectivity index (χ3v) is 3.40. The van der Waals surface area contributed by atoms with Gasteiger partial charge in [0.1, 0.15) is 4.88 Å². The van der Waals surface area contributed by atoms with E-state index in [1.807, 2.05) is 40.5 Å². The molecule has 2 N–H and O–H groups in total. The van der Waals surface area contributed by atoms with Gasteiger partial charge in [0.05, 0.1) is 25.5 Å². The van der Waals surface area contributed by atoms with E-state index in [2.05, 4.69) is 5.32 Å². The van der Waals surface area contributed by atoms with E-state index in [9.17, 15) is 4.79 Å². The molecule has 0 aliphatic heterocycles. The van der Waals surface area contributed by atoms with E-state index in [0.717, 1.165) is 5.69 Å². The molecule has 0 spiro atoms. The largest absolute Gasteiger partial charge is 0.394 e. The fourth-order valence-corrected chi connectivity index (χ4v) is 2.46. The molecular weight excluding hydrogens is 264 g/mol. The first-order chi connectivity index (χ1) is 9.33.